The lowest BCUT2D eigenvalue weighted by Crippen LogP contribution is -2.27. The SMILES string of the molecule is C=C(C)C(=O)O.C=CC(=O)NC(C)C.N. The van der Waals surface area contributed by atoms with E-state index in [-0.39, 0.29) is 23.7 Å². The molecule has 0 rings (SSSR count). The molecule has 5 heteroatoms. The molecule has 0 aromatic heterocycles. The van der Waals surface area contributed by atoms with Crippen molar-refractivity contribution in [1.82, 2.24) is 11.5 Å². The molecule has 0 aromatic carbocycles. The van der Waals surface area contributed by atoms with Gasteiger partial charge in [0.2, 0.25) is 5.91 Å². The van der Waals surface area contributed by atoms with Gasteiger partial charge in [0, 0.05) is 11.6 Å². The Labute approximate surface area is 90.5 Å². The molecule has 0 heterocycles. The maximum Gasteiger partial charge on any atom is 0.330 e. The third-order valence-corrected chi connectivity index (χ3v) is 0.981. The number of hydrogen-bond acceptors (Lipinski definition) is 3. The zero-order valence-electron chi connectivity index (χ0n) is 9.54. The predicted octanol–water partition coefficient (Wildman–Crippen LogP) is 1.51. The van der Waals surface area contributed by atoms with Crippen LogP contribution in [0.4, 0.5) is 0 Å². The van der Waals surface area contributed by atoms with E-state index in [0.717, 1.165) is 0 Å². The van der Waals surface area contributed by atoms with Crippen LogP contribution in [0.3, 0.4) is 0 Å². The second kappa shape index (κ2) is 10.5. The topological polar surface area (TPSA) is 101 Å². The van der Waals surface area contributed by atoms with Gasteiger partial charge in [-0.3, -0.25) is 4.79 Å². The first-order valence-corrected chi connectivity index (χ1v) is 4.13. The number of aliphatic carboxylic acids is 1. The molecule has 0 saturated heterocycles. The number of carboxylic acids is 1. The molecule has 0 unspecified atom stereocenters. The summed E-state index contributed by atoms with van der Waals surface area (Å²) in [5.41, 5.74) is 0.176. The van der Waals surface area contributed by atoms with E-state index < -0.39 is 5.97 Å². The van der Waals surface area contributed by atoms with Gasteiger partial charge in [-0.15, -0.1) is 0 Å². The first-order valence-electron chi connectivity index (χ1n) is 4.13. The van der Waals surface area contributed by atoms with Crippen LogP contribution >= 0.6 is 0 Å². The maximum atomic E-state index is 10.4. The predicted molar refractivity (Wildman–Crippen MR) is 60.9 cm³/mol. The second-order valence-electron chi connectivity index (χ2n) is 2.95. The van der Waals surface area contributed by atoms with E-state index in [9.17, 15) is 9.59 Å². The van der Waals surface area contributed by atoms with Gasteiger partial charge in [-0.2, -0.15) is 0 Å². The van der Waals surface area contributed by atoms with Gasteiger partial charge in [-0.25, -0.2) is 4.79 Å². The normalized spacial score (nSPS) is 7.73. The van der Waals surface area contributed by atoms with E-state index in [0.29, 0.717) is 0 Å². The quantitative estimate of drug-likeness (QED) is 0.622. The summed E-state index contributed by atoms with van der Waals surface area (Å²) in [5.74, 6) is -1.05. The van der Waals surface area contributed by atoms with Crippen molar-refractivity contribution in [3.63, 3.8) is 0 Å². The minimum Gasteiger partial charge on any atom is -0.478 e. The average Bonchev–Trinajstić information content (AvgIpc) is 2.04. The highest BCUT2D eigenvalue weighted by Crippen LogP contribution is 1.81. The van der Waals surface area contributed by atoms with Crippen LogP contribution in [0.2, 0.25) is 0 Å². The monoisotopic (exact) mass is 216 g/mol. The second-order valence-corrected chi connectivity index (χ2v) is 2.95. The molecule has 0 bridgehead atoms. The number of carbonyl (C=O) groups is 2. The zero-order chi connectivity index (χ0) is 11.7. The van der Waals surface area contributed by atoms with Crippen LogP contribution in [0.5, 0.6) is 0 Å². The van der Waals surface area contributed by atoms with Gasteiger partial charge < -0.3 is 16.6 Å². The lowest BCUT2D eigenvalue weighted by Gasteiger charge is -2.02. The van der Waals surface area contributed by atoms with Gasteiger partial charge in [0.25, 0.3) is 0 Å². The standard InChI is InChI=1S/C6H11NO.C4H6O2.H3N/c1-4-6(8)7-5(2)3;1-3(2)4(5)6;/h4-5H,1H2,2-3H3,(H,7,8);1H2,2H3,(H,5,6);1H3. The Hall–Kier alpha value is -1.62. The Bertz CT molecular complexity index is 223. The van der Waals surface area contributed by atoms with Crippen LogP contribution in [0.1, 0.15) is 20.8 Å². The molecule has 0 aliphatic heterocycles. The summed E-state index contributed by atoms with van der Waals surface area (Å²) >= 11 is 0. The molecule has 5 nitrogen and oxygen atoms in total. The Morgan fingerprint density at radius 3 is 1.80 bits per heavy atom. The highest BCUT2D eigenvalue weighted by Gasteiger charge is 1.93. The number of nitrogens with one attached hydrogen (secondary N) is 1. The molecule has 0 fully saturated rings. The van der Waals surface area contributed by atoms with Crippen LogP contribution in [-0.2, 0) is 9.59 Å². The maximum absolute atomic E-state index is 10.4. The van der Waals surface area contributed by atoms with Crippen molar-refractivity contribution in [3.05, 3.63) is 24.8 Å². The molecule has 88 valence electrons. The van der Waals surface area contributed by atoms with E-state index in [1.807, 2.05) is 13.8 Å². The Kier molecular flexibility index (Phi) is 13.3. The molecule has 5 N–H and O–H groups in total. The Morgan fingerprint density at radius 1 is 1.40 bits per heavy atom. The number of carboxylic acid groups (broad SMARTS) is 1. The van der Waals surface area contributed by atoms with E-state index >= 15 is 0 Å². The third kappa shape index (κ3) is 19.0. The lowest BCUT2D eigenvalue weighted by atomic mass is 10.4. The molecule has 0 saturated carbocycles. The summed E-state index contributed by atoms with van der Waals surface area (Å²) in [5, 5.41) is 10.5. The molecule has 0 spiro atoms. The molecule has 0 aliphatic carbocycles. The fourth-order valence-corrected chi connectivity index (χ4v) is 0.343. The summed E-state index contributed by atoms with van der Waals surface area (Å²) in [7, 11) is 0. The summed E-state index contributed by atoms with van der Waals surface area (Å²) in [6.45, 7) is 11.7. The molecule has 0 radical (unpaired) electrons. The number of rotatable bonds is 3. The summed E-state index contributed by atoms with van der Waals surface area (Å²) < 4.78 is 0. The third-order valence-electron chi connectivity index (χ3n) is 0.981. The molecule has 0 aromatic rings. The Balaban J connectivity index is -0.000000187. The molecule has 15 heavy (non-hydrogen) atoms. The van der Waals surface area contributed by atoms with Crippen molar-refractivity contribution in [2.75, 3.05) is 0 Å². The van der Waals surface area contributed by atoms with Crippen molar-refractivity contribution in [1.29, 1.82) is 0 Å². The molecular formula is C10H20N2O3. The van der Waals surface area contributed by atoms with Crippen molar-refractivity contribution < 1.29 is 14.7 Å². The summed E-state index contributed by atoms with van der Waals surface area (Å²) in [6, 6.07) is 0.209. The molecular weight excluding hydrogens is 196 g/mol. The van der Waals surface area contributed by atoms with E-state index in [4.69, 9.17) is 5.11 Å². The van der Waals surface area contributed by atoms with Gasteiger partial charge in [0.05, 0.1) is 0 Å². The highest BCUT2D eigenvalue weighted by atomic mass is 16.4. The average molecular weight is 216 g/mol. The van der Waals surface area contributed by atoms with Crippen LogP contribution in [0.25, 0.3) is 0 Å². The van der Waals surface area contributed by atoms with Gasteiger partial charge in [0.15, 0.2) is 0 Å². The number of hydrogen-bond donors (Lipinski definition) is 3. The van der Waals surface area contributed by atoms with Crippen LogP contribution < -0.4 is 11.5 Å². The molecule has 0 aliphatic rings. The Morgan fingerprint density at radius 2 is 1.73 bits per heavy atom. The van der Waals surface area contributed by atoms with Crippen LogP contribution in [0, 0.1) is 0 Å². The number of amides is 1. The smallest absolute Gasteiger partial charge is 0.330 e. The van der Waals surface area contributed by atoms with Crippen LogP contribution in [-0.4, -0.2) is 23.0 Å². The van der Waals surface area contributed by atoms with Gasteiger partial charge in [-0.05, 0) is 26.8 Å². The fourth-order valence-electron chi connectivity index (χ4n) is 0.343. The largest absolute Gasteiger partial charge is 0.478 e. The summed E-state index contributed by atoms with van der Waals surface area (Å²) in [6.07, 6.45) is 1.26. The lowest BCUT2D eigenvalue weighted by molar-refractivity contribution is -0.132. The molecule has 1 amide bonds. The first-order chi connectivity index (χ1) is 6.31. The zero-order valence-corrected chi connectivity index (χ0v) is 9.54. The van der Waals surface area contributed by atoms with Crippen molar-refractivity contribution in [2.24, 2.45) is 0 Å². The van der Waals surface area contributed by atoms with Crippen molar-refractivity contribution >= 4 is 11.9 Å². The van der Waals surface area contributed by atoms with E-state index in [1.165, 1.54) is 13.0 Å². The highest BCUT2D eigenvalue weighted by molar-refractivity contribution is 5.87. The van der Waals surface area contributed by atoms with Gasteiger partial charge in [0.1, 0.15) is 0 Å². The van der Waals surface area contributed by atoms with E-state index in [1.54, 1.807) is 0 Å². The van der Waals surface area contributed by atoms with Gasteiger partial charge >= 0.3 is 5.97 Å². The first kappa shape index (κ1) is 19.0. The minimum atomic E-state index is -0.935. The van der Waals surface area contributed by atoms with E-state index in [2.05, 4.69) is 18.5 Å². The number of carbonyl (C=O) groups excluding carboxylic acids is 1. The van der Waals surface area contributed by atoms with Crippen molar-refractivity contribution in [3.8, 4) is 0 Å². The fraction of sp³-hybridized carbons (Fsp3) is 0.400. The van der Waals surface area contributed by atoms with Crippen molar-refractivity contribution in [2.45, 2.75) is 26.8 Å². The van der Waals surface area contributed by atoms with Gasteiger partial charge in [-0.1, -0.05) is 13.2 Å². The minimum absolute atomic E-state index is 0. The van der Waals surface area contributed by atoms with Crippen LogP contribution in [0.15, 0.2) is 24.8 Å². The molecule has 0 atom stereocenters. The summed E-state index contributed by atoms with van der Waals surface area (Å²) in [4.78, 5) is 20.0.